The lowest BCUT2D eigenvalue weighted by Gasteiger charge is -2.10. The van der Waals surface area contributed by atoms with Gasteiger partial charge in [-0.2, -0.15) is 5.10 Å². The largest absolute Gasteiger partial charge is 0.482 e. The molecule has 3 rings (SSSR count). The number of hydrogen-bond donors (Lipinski definition) is 1. The van der Waals surface area contributed by atoms with Gasteiger partial charge >= 0.3 is 0 Å². The molecule has 3 aromatic rings. The van der Waals surface area contributed by atoms with Crippen LogP contribution >= 0.6 is 23.2 Å². The monoisotopic (exact) mass is 408 g/mol. The number of amides is 1. The van der Waals surface area contributed by atoms with Crippen molar-refractivity contribution in [3.63, 3.8) is 0 Å². The van der Waals surface area contributed by atoms with Crippen molar-refractivity contribution in [3.05, 3.63) is 63.4 Å². The standard InChI is InChI=1S/C16H14Cl2N6O3/c17-11-1-2-13(12(18)7-11)27-8-15(25)20-5-6-23-16(26)4-3-14(22-23)24-10-19-9-21-24/h1-4,7,9-10H,5-6,8H2,(H,20,25). The normalized spacial score (nSPS) is 10.6. The summed E-state index contributed by atoms with van der Waals surface area (Å²) in [5, 5.41) is 11.6. The minimum Gasteiger partial charge on any atom is -0.482 e. The van der Waals surface area contributed by atoms with Crippen LogP contribution in [0, 0.1) is 0 Å². The molecular formula is C16H14Cl2N6O3. The van der Waals surface area contributed by atoms with Gasteiger partial charge in [0.2, 0.25) is 0 Å². The molecule has 0 bridgehead atoms. The Bertz CT molecular complexity index is 990. The third-order valence-electron chi connectivity index (χ3n) is 3.40. The van der Waals surface area contributed by atoms with Crippen LogP contribution in [0.25, 0.3) is 5.82 Å². The average molecular weight is 409 g/mol. The fourth-order valence-electron chi connectivity index (χ4n) is 2.13. The summed E-state index contributed by atoms with van der Waals surface area (Å²) in [7, 11) is 0. The Balaban J connectivity index is 1.51. The van der Waals surface area contributed by atoms with Gasteiger partial charge in [0.1, 0.15) is 18.4 Å². The van der Waals surface area contributed by atoms with Gasteiger partial charge in [0.05, 0.1) is 11.6 Å². The van der Waals surface area contributed by atoms with Gasteiger partial charge in [0.15, 0.2) is 12.4 Å². The molecule has 0 spiro atoms. The average Bonchev–Trinajstić information content (AvgIpc) is 3.17. The van der Waals surface area contributed by atoms with Crippen LogP contribution in [0.5, 0.6) is 5.75 Å². The highest BCUT2D eigenvalue weighted by Gasteiger charge is 2.07. The molecule has 1 amide bonds. The van der Waals surface area contributed by atoms with Gasteiger partial charge in [0, 0.05) is 17.6 Å². The highest BCUT2D eigenvalue weighted by molar-refractivity contribution is 6.35. The fraction of sp³-hybridized carbons (Fsp3) is 0.188. The highest BCUT2D eigenvalue weighted by atomic mass is 35.5. The Morgan fingerprint density at radius 3 is 2.81 bits per heavy atom. The molecule has 1 N–H and O–H groups in total. The minimum atomic E-state index is -0.360. The fourth-order valence-corrected chi connectivity index (χ4v) is 2.60. The zero-order valence-electron chi connectivity index (χ0n) is 13.9. The number of benzene rings is 1. The van der Waals surface area contributed by atoms with E-state index in [0.717, 1.165) is 0 Å². The zero-order valence-corrected chi connectivity index (χ0v) is 15.4. The van der Waals surface area contributed by atoms with E-state index in [9.17, 15) is 9.59 Å². The predicted molar refractivity (Wildman–Crippen MR) is 98.4 cm³/mol. The molecule has 0 aliphatic rings. The molecule has 140 valence electrons. The molecule has 27 heavy (non-hydrogen) atoms. The van der Waals surface area contributed by atoms with Crippen molar-refractivity contribution in [2.45, 2.75) is 6.54 Å². The van der Waals surface area contributed by atoms with Crippen LogP contribution in [0.3, 0.4) is 0 Å². The number of ether oxygens (including phenoxy) is 1. The quantitative estimate of drug-likeness (QED) is 0.632. The third-order valence-corrected chi connectivity index (χ3v) is 3.93. The Kier molecular flexibility index (Phi) is 6.05. The van der Waals surface area contributed by atoms with Crippen molar-refractivity contribution in [2.75, 3.05) is 13.2 Å². The molecule has 2 aromatic heterocycles. The molecule has 1 aromatic carbocycles. The van der Waals surface area contributed by atoms with Crippen LogP contribution < -0.4 is 15.6 Å². The van der Waals surface area contributed by atoms with Gasteiger partial charge < -0.3 is 10.1 Å². The van der Waals surface area contributed by atoms with Crippen molar-refractivity contribution in [2.24, 2.45) is 0 Å². The van der Waals surface area contributed by atoms with Crippen LogP contribution in [0.2, 0.25) is 10.0 Å². The van der Waals surface area contributed by atoms with E-state index in [1.807, 2.05) is 0 Å². The van der Waals surface area contributed by atoms with Crippen molar-refractivity contribution in [3.8, 4) is 11.6 Å². The first kappa shape index (κ1) is 18.9. The van der Waals surface area contributed by atoms with Gasteiger partial charge in [-0.1, -0.05) is 23.2 Å². The summed E-state index contributed by atoms with van der Waals surface area (Å²) < 4.78 is 8.00. The second kappa shape index (κ2) is 8.65. The molecule has 0 aliphatic heterocycles. The smallest absolute Gasteiger partial charge is 0.266 e. The van der Waals surface area contributed by atoms with Crippen molar-refractivity contribution in [1.29, 1.82) is 0 Å². The third kappa shape index (κ3) is 5.05. The van der Waals surface area contributed by atoms with E-state index in [1.165, 1.54) is 40.2 Å². The van der Waals surface area contributed by atoms with E-state index in [2.05, 4.69) is 20.5 Å². The van der Waals surface area contributed by atoms with Gasteiger partial charge in [-0.05, 0) is 24.3 Å². The lowest BCUT2D eigenvalue weighted by molar-refractivity contribution is -0.123. The maximum Gasteiger partial charge on any atom is 0.266 e. The maximum atomic E-state index is 11.9. The molecule has 0 atom stereocenters. The van der Waals surface area contributed by atoms with Gasteiger partial charge in [0.25, 0.3) is 11.5 Å². The van der Waals surface area contributed by atoms with Crippen LogP contribution in [0.4, 0.5) is 0 Å². The molecule has 0 unspecified atom stereocenters. The second-order valence-corrected chi connectivity index (χ2v) is 6.15. The van der Waals surface area contributed by atoms with Crippen LogP contribution in [0.15, 0.2) is 47.8 Å². The summed E-state index contributed by atoms with van der Waals surface area (Å²) in [6.45, 7) is 0.168. The molecule has 9 nitrogen and oxygen atoms in total. The van der Waals surface area contributed by atoms with E-state index in [1.54, 1.807) is 12.1 Å². The minimum absolute atomic E-state index is 0.189. The van der Waals surface area contributed by atoms with E-state index in [-0.39, 0.29) is 31.2 Å². The molecule has 2 heterocycles. The summed E-state index contributed by atoms with van der Waals surface area (Å²) in [6.07, 6.45) is 2.84. The Morgan fingerprint density at radius 1 is 1.22 bits per heavy atom. The maximum absolute atomic E-state index is 11.9. The molecule has 0 radical (unpaired) electrons. The van der Waals surface area contributed by atoms with E-state index >= 15 is 0 Å². The Morgan fingerprint density at radius 2 is 2.07 bits per heavy atom. The summed E-state index contributed by atoms with van der Waals surface area (Å²) in [4.78, 5) is 27.6. The lowest BCUT2D eigenvalue weighted by Crippen LogP contribution is -2.34. The van der Waals surface area contributed by atoms with Crippen molar-refractivity contribution >= 4 is 29.1 Å². The predicted octanol–water partition coefficient (Wildman–Crippen LogP) is 1.33. The number of nitrogens with one attached hydrogen (secondary N) is 1. The summed E-state index contributed by atoms with van der Waals surface area (Å²) >= 11 is 11.8. The zero-order chi connectivity index (χ0) is 19.2. The molecule has 0 aliphatic carbocycles. The molecule has 0 saturated heterocycles. The number of hydrogen-bond acceptors (Lipinski definition) is 6. The number of carbonyl (C=O) groups excluding carboxylic acids is 1. The SMILES string of the molecule is O=C(COc1ccc(Cl)cc1Cl)NCCn1nc(-n2cncn2)ccc1=O. The molecule has 0 fully saturated rings. The summed E-state index contributed by atoms with van der Waals surface area (Å²) in [5.41, 5.74) is -0.294. The van der Waals surface area contributed by atoms with Crippen LogP contribution in [-0.4, -0.2) is 43.6 Å². The van der Waals surface area contributed by atoms with E-state index in [0.29, 0.717) is 21.6 Å². The van der Waals surface area contributed by atoms with Gasteiger partial charge in [-0.15, -0.1) is 5.10 Å². The van der Waals surface area contributed by atoms with Gasteiger partial charge in [-0.25, -0.2) is 14.3 Å². The molecular weight excluding hydrogens is 395 g/mol. The number of rotatable bonds is 7. The second-order valence-electron chi connectivity index (χ2n) is 5.31. The van der Waals surface area contributed by atoms with Crippen molar-refractivity contribution < 1.29 is 9.53 Å². The van der Waals surface area contributed by atoms with Crippen LogP contribution in [-0.2, 0) is 11.3 Å². The van der Waals surface area contributed by atoms with Crippen molar-refractivity contribution in [1.82, 2.24) is 29.9 Å². The lowest BCUT2D eigenvalue weighted by atomic mass is 10.3. The number of carbonyl (C=O) groups is 1. The first-order valence-corrected chi connectivity index (χ1v) is 8.56. The van der Waals surface area contributed by atoms with Gasteiger partial charge in [-0.3, -0.25) is 9.59 Å². The summed E-state index contributed by atoms with van der Waals surface area (Å²) in [6, 6.07) is 7.63. The first-order valence-electron chi connectivity index (χ1n) is 7.80. The Hall–Kier alpha value is -2.91. The Labute approximate surface area is 163 Å². The first-order chi connectivity index (χ1) is 13.0. The highest BCUT2D eigenvalue weighted by Crippen LogP contribution is 2.27. The number of nitrogens with zero attached hydrogens (tertiary/aromatic N) is 5. The summed E-state index contributed by atoms with van der Waals surface area (Å²) in [5.74, 6) is 0.440. The number of halogens is 2. The number of aromatic nitrogens is 5. The molecule has 0 saturated carbocycles. The topological polar surface area (TPSA) is 104 Å². The molecule has 11 heteroatoms. The van der Waals surface area contributed by atoms with Crippen LogP contribution in [0.1, 0.15) is 0 Å². The van der Waals surface area contributed by atoms with E-state index < -0.39 is 0 Å². The van der Waals surface area contributed by atoms with E-state index in [4.69, 9.17) is 27.9 Å².